The maximum absolute atomic E-state index is 11.9. The summed E-state index contributed by atoms with van der Waals surface area (Å²) in [6, 6.07) is 10.1. The molecule has 112 valence electrons. The lowest BCUT2D eigenvalue weighted by atomic mass is 9.77. The minimum atomic E-state index is -1.56. The van der Waals surface area contributed by atoms with Crippen molar-refractivity contribution in [3.8, 4) is 6.07 Å². The molecule has 0 amide bonds. The van der Waals surface area contributed by atoms with Gasteiger partial charge in [-0.15, -0.1) is 0 Å². The number of rotatable bonds is 5. The van der Waals surface area contributed by atoms with Gasteiger partial charge >= 0.3 is 0 Å². The minimum Gasteiger partial charge on any atom is -0.192 e. The summed E-state index contributed by atoms with van der Waals surface area (Å²) in [7, 11) is 0. The van der Waals surface area contributed by atoms with E-state index in [0.717, 1.165) is 18.9 Å². The summed E-state index contributed by atoms with van der Waals surface area (Å²) in [6.45, 7) is 0. The van der Waals surface area contributed by atoms with Crippen molar-refractivity contribution in [2.75, 3.05) is 0 Å². The zero-order valence-corrected chi connectivity index (χ0v) is 12.2. The predicted molar refractivity (Wildman–Crippen MR) is 80.0 cm³/mol. The molecule has 2 rings (SSSR count). The van der Waals surface area contributed by atoms with Crippen LogP contribution in [0.25, 0.3) is 0 Å². The lowest BCUT2D eigenvalue weighted by Gasteiger charge is -2.28. The van der Waals surface area contributed by atoms with Crippen molar-refractivity contribution in [3.63, 3.8) is 0 Å². The number of hydrogen-bond donors (Lipinski definition) is 0. The molecule has 0 heterocycles. The maximum atomic E-state index is 11.9. The molecule has 1 saturated carbocycles. The molecule has 1 nitrogen and oxygen atoms in total. The van der Waals surface area contributed by atoms with Gasteiger partial charge in [-0.25, -0.2) is 0 Å². The zero-order chi connectivity index (χ0) is 15.1. The van der Waals surface area contributed by atoms with Crippen LogP contribution in [-0.2, 0) is 0 Å². The van der Waals surface area contributed by atoms with E-state index in [2.05, 4.69) is 18.2 Å². The monoisotopic (exact) mass is 289 g/mol. The molecule has 1 fully saturated rings. The first-order chi connectivity index (χ1) is 10.2. The summed E-state index contributed by atoms with van der Waals surface area (Å²) in [5.41, 5.74) is 2.04. The Morgan fingerprint density at radius 3 is 2.38 bits per heavy atom. The standard InChI is InChI=1S/C18H21F2N/c19-18(20)4-2-1-3-14-5-9-16(10-6-14)17-11-7-15(13-21)8-12-17/h4,7-8,11-12,14,16H,1-3,5-6,9-10H2/t14-,16-. The van der Waals surface area contributed by atoms with E-state index >= 15 is 0 Å². The van der Waals surface area contributed by atoms with E-state index in [1.807, 2.05) is 12.1 Å². The van der Waals surface area contributed by atoms with Crippen molar-refractivity contribution in [3.05, 3.63) is 47.5 Å². The zero-order valence-electron chi connectivity index (χ0n) is 12.2. The second-order valence-corrected chi connectivity index (χ2v) is 5.88. The maximum Gasteiger partial charge on any atom is 0.266 e. The molecule has 0 aliphatic heterocycles. The van der Waals surface area contributed by atoms with Gasteiger partial charge < -0.3 is 0 Å². The molecule has 0 atom stereocenters. The molecule has 1 aliphatic carbocycles. The third-order valence-corrected chi connectivity index (χ3v) is 4.47. The fourth-order valence-corrected chi connectivity index (χ4v) is 3.23. The molecule has 0 aromatic heterocycles. The van der Waals surface area contributed by atoms with Crippen LogP contribution in [0.15, 0.2) is 36.4 Å². The summed E-state index contributed by atoms with van der Waals surface area (Å²) in [6.07, 6.45) is 6.61. The van der Waals surface area contributed by atoms with Crippen LogP contribution in [0, 0.1) is 17.2 Å². The summed E-state index contributed by atoms with van der Waals surface area (Å²) in [5, 5.41) is 8.81. The Bertz CT molecular complexity index is 501. The van der Waals surface area contributed by atoms with Crippen LogP contribution in [0.1, 0.15) is 62.0 Å². The van der Waals surface area contributed by atoms with E-state index in [9.17, 15) is 8.78 Å². The van der Waals surface area contributed by atoms with Gasteiger partial charge in [-0.2, -0.15) is 14.0 Å². The van der Waals surface area contributed by atoms with E-state index < -0.39 is 6.08 Å². The highest BCUT2D eigenvalue weighted by atomic mass is 19.3. The number of nitriles is 1. The highest BCUT2D eigenvalue weighted by molar-refractivity contribution is 5.33. The van der Waals surface area contributed by atoms with Crippen molar-refractivity contribution in [2.45, 2.75) is 50.9 Å². The van der Waals surface area contributed by atoms with Gasteiger partial charge in [0.2, 0.25) is 0 Å². The molecule has 3 heteroatoms. The van der Waals surface area contributed by atoms with Crippen LogP contribution >= 0.6 is 0 Å². The Morgan fingerprint density at radius 2 is 1.81 bits per heavy atom. The molecule has 0 bridgehead atoms. The summed E-state index contributed by atoms with van der Waals surface area (Å²) in [5.74, 6) is 1.29. The molecule has 0 spiro atoms. The molecular weight excluding hydrogens is 268 g/mol. The van der Waals surface area contributed by atoms with Crippen LogP contribution in [-0.4, -0.2) is 0 Å². The quantitative estimate of drug-likeness (QED) is 0.630. The molecule has 0 saturated heterocycles. The van der Waals surface area contributed by atoms with Crippen molar-refractivity contribution < 1.29 is 8.78 Å². The second-order valence-electron chi connectivity index (χ2n) is 5.88. The van der Waals surface area contributed by atoms with Crippen molar-refractivity contribution >= 4 is 0 Å². The molecule has 0 unspecified atom stereocenters. The molecule has 1 aromatic rings. The van der Waals surface area contributed by atoms with Gasteiger partial charge in [0.1, 0.15) is 0 Å². The fourth-order valence-electron chi connectivity index (χ4n) is 3.23. The summed E-state index contributed by atoms with van der Waals surface area (Å²) >= 11 is 0. The molecule has 21 heavy (non-hydrogen) atoms. The number of nitrogens with zero attached hydrogens (tertiary/aromatic N) is 1. The van der Waals surface area contributed by atoms with Gasteiger partial charge in [0.05, 0.1) is 11.6 Å². The van der Waals surface area contributed by atoms with Crippen molar-refractivity contribution in [1.82, 2.24) is 0 Å². The van der Waals surface area contributed by atoms with Crippen LogP contribution in [0.4, 0.5) is 8.78 Å². The topological polar surface area (TPSA) is 23.8 Å². The van der Waals surface area contributed by atoms with E-state index in [-0.39, 0.29) is 0 Å². The Hall–Kier alpha value is -1.69. The summed E-state index contributed by atoms with van der Waals surface area (Å²) < 4.78 is 23.9. The number of benzene rings is 1. The lowest BCUT2D eigenvalue weighted by molar-refractivity contribution is 0.305. The summed E-state index contributed by atoms with van der Waals surface area (Å²) in [4.78, 5) is 0. The first-order valence-corrected chi connectivity index (χ1v) is 7.70. The number of unbranched alkanes of at least 4 members (excludes halogenated alkanes) is 1. The third-order valence-electron chi connectivity index (χ3n) is 4.47. The first kappa shape index (κ1) is 15.7. The van der Waals surface area contributed by atoms with Crippen LogP contribution in [0.3, 0.4) is 0 Å². The fraction of sp³-hybridized carbons (Fsp3) is 0.500. The number of hydrogen-bond acceptors (Lipinski definition) is 1. The van der Waals surface area contributed by atoms with Gasteiger partial charge in [0, 0.05) is 0 Å². The minimum absolute atomic E-state index is 0.498. The molecule has 0 radical (unpaired) electrons. The van der Waals surface area contributed by atoms with E-state index in [0.29, 0.717) is 23.8 Å². The van der Waals surface area contributed by atoms with Crippen molar-refractivity contribution in [1.29, 1.82) is 5.26 Å². The van der Waals surface area contributed by atoms with Gasteiger partial charge in [0.15, 0.2) is 0 Å². The number of allylic oxidation sites excluding steroid dienone is 1. The number of halogens is 2. The van der Waals surface area contributed by atoms with E-state index in [1.165, 1.54) is 31.2 Å². The normalized spacial score (nSPS) is 21.6. The SMILES string of the molecule is N#Cc1ccc([C@H]2CC[C@H](CCCC=C(F)F)CC2)cc1. The van der Waals surface area contributed by atoms with Crippen LogP contribution < -0.4 is 0 Å². The van der Waals surface area contributed by atoms with E-state index in [4.69, 9.17) is 5.26 Å². The highest BCUT2D eigenvalue weighted by Gasteiger charge is 2.21. The van der Waals surface area contributed by atoms with Gasteiger partial charge in [-0.3, -0.25) is 0 Å². The molecular formula is C18H21F2N. The van der Waals surface area contributed by atoms with Gasteiger partial charge in [0.25, 0.3) is 6.08 Å². The van der Waals surface area contributed by atoms with Crippen molar-refractivity contribution in [2.24, 2.45) is 5.92 Å². The van der Waals surface area contributed by atoms with E-state index in [1.54, 1.807) is 0 Å². The Balaban J connectivity index is 1.75. The van der Waals surface area contributed by atoms with Gasteiger partial charge in [-0.05, 0) is 74.1 Å². The molecule has 1 aliphatic rings. The third kappa shape index (κ3) is 4.97. The first-order valence-electron chi connectivity index (χ1n) is 7.70. The van der Waals surface area contributed by atoms with Crippen LogP contribution in [0.5, 0.6) is 0 Å². The second kappa shape index (κ2) is 7.93. The highest BCUT2D eigenvalue weighted by Crippen LogP contribution is 2.37. The average Bonchev–Trinajstić information content (AvgIpc) is 2.52. The Morgan fingerprint density at radius 1 is 1.14 bits per heavy atom. The lowest BCUT2D eigenvalue weighted by Crippen LogP contribution is -2.13. The van der Waals surface area contributed by atoms with Crippen LogP contribution in [0.2, 0.25) is 0 Å². The molecule has 1 aromatic carbocycles. The Labute approximate surface area is 125 Å². The largest absolute Gasteiger partial charge is 0.266 e. The smallest absolute Gasteiger partial charge is 0.192 e. The average molecular weight is 289 g/mol. The molecule has 0 N–H and O–H groups in total. The Kier molecular flexibility index (Phi) is 5.92. The predicted octanol–water partition coefficient (Wildman–Crippen LogP) is 5.78. The van der Waals surface area contributed by atoms with Gasteiger partial charge in [-0.1, -0.05) is 18.6 Å².